The molecule has 2 rings (SSSR count). The van der Waals surface area contributed by atoms with Gasteiger partial charge in [0, 0.05) is 24.5 Å². The third kappa shape index (κ3) is 2.68. The van der Waals surface area contributed by atoms with Crippen molar-refractivity contribution in [2.45, 2.75) is 13.8 Å². The number of anilines is 1. The van der Waals surface area contributed by atoms with Crippen LogP contribution in [0.15, 0.2) is 18.3 Å². The highest BCUT2D eigenvalue weighted by Gasteiger charge is 2.11. The highest BCUT2D eigenvalue weighted by Crippen LogP contribution is 2.15. The summed E-state index contributed by atoms with van der Waals surface area (Å²) in [5, 5.41) is 7.26. The standard InChI is InChI=1S/C12H13ClN4O/c1-7-4-9(5-11(13)14-7)12(18)15-10-6-17(3)16-8(10)2/h4-6H,1-3H3,(H,15,18). The Morgan fingerprint density at radius 3 is 2.67 bits per heavy atom. The van der Waals surface area contributed by atoms with Gasteiger partial charge in [0.2, 0.25) is 0 Å². The summed E-state index contributed by atoms with van der Waals surface area (Å²) < 4.78 is 1.65. The molecule has 0 atom stereocenters. The van der Waals surface area contributed by atoms with E-state index in [9.17, 15) is 4.79 Å². The third-order valence-electron chi connectivity index (χ3n) is 2.45. The van der Waals surface area contributed by atoms with E-state index in [0.29, 0.717) is 22.1 Å². The first-order valence-corrected chi connectivity index (χ1v) is 5.79. The van der Waals surface area contributed by atoms with E-state index >= 15 is 0 Å². The molecule has 2 heterocycles. The lowest BCUT2D eigenvalue weighted by molar-refractivity contribution is 0.102. The summed E-state index contributed by atoms with van der Waals surface area (Å²) in [5.41, 5.74) is 2.64. The summed E-state index contributed by atoms with van der Waals surface area (Å²) in [5.74, 6) is -0.224. The summed E-state index contributed by atoms with van der Waals surface area (Å²) >= 11 is 5.82. The fourth-order valence-corrected chi connectivity index (χ4v) is 1.93. The normalized spacial score (nSPS) is 10.4. The van der Waals surface area contributed by atoms with Gasteiger partial charge in [-0.3, -0.25) is 9.48 Å². The van der Waals surface area contributed by atoms with Gasteiger partial charge in [-0.25, -0.2) is 4.98 Å². The lowest BCUT2D eigenvalue weighted by atomic mass is 10.2. The van der Waals surface area contributed by atoms with Crippen molar-refractivity contribution in [2.75, 3.05) is 5.32 Å². The van der Waals surface area contributed by atoms with Crippen LogP contribution in [0.3, 0.4) is 0 Å². The zero-order chi connectivity index (χ0) is 13.3. The minimum Gasteiger partial charge on any atom is -0.319 e. The predicted octanol–water partition coefficient (Wildman–Crippen LogP) is 2.34. The number of aryl methyl sites for hydroxylation is 3. The van der Waals surface area contributed by atoms with Crippen molar-refractivity contribution < 1.29 is 4.79 Å². The maximum Gasteiger partial charge on any atom is 0.255 e. The van der Waals surface area contributed by atoms with Gasteiger partial charge in [0.05, 0.1) is 11.4 Å². The monoisotopic (exact) mass is 264 g/mol. The van der Waals surface area contributed by atoms with Gasteiger partial charge in [0.1, 0.15) is 5.15 Å². The van der Waals surface area contributed by atoms with Crippen LogP contribution in [-0.4, -0.2) is 20.7 Å². The van der Waals surface area contributed by atoms with Crippen LogP contribution in [0.1, 0.15) is 21.7 Å². The summed E-state index contributed by atoms with van der Waals surface area (Å²) in [6.45, 7) is 3.62. The SMILES string of the molecule is Cc1cc(C(=O)Nc2cn(C)nc2C)cc(Cl)n1. The summed E-state index contributed by atoms with van der Waals surface area (Å²) in [6.07, 6.45) is 1.75. The van der Waals surface area contributed by atoms with Gasteiger partial charge < -0.3 is 5.32 Å². The van der Waals surface area contributed by atoms with Crippen molar-refractivity contribution in [1.29, 1.82) is 0 Å². The molecule has 0 aliphatic carbocycles. The van der Waals surface area contributed by atoms with Crippen molar-refractivity contribution in [2.24, 2.45) is 7.05 Å². The first-order chi connectivity index (χ1) is 8.45. The largest absolute Gasteiger partial charge is 0.319 e. The molecular formula is C12H13ClN4O. The Morgan fingerprint density at radius 1 is 1.39 bits per heavy atom. The van der Waals surface area contributed by atoms with Crippen LogP contribution >= 0.6 is 11.6 Å². The molecule has 0 aromatic carbocycles. The molecule has 5 nitrogen and oxygen atoms in total. The Hall–Kier alpha value is -1.88. The van der Waals surface area contributed by atoms with Gasteiger partial charge in [0.25, 0.3) is 5.91 Å². The van der Waals surface area contributed by atoms with Gasteiger partial charge >= 0.3 is 0 Å². The summed E-state index contributed by atoms with van der Waals surface area (Å²) in [6, 6.07) is 3.22. The Kier molecular flexibility index (Phi) is 3.34. The highest BCUT2D eigenvalue weighted by molar-refractivity contribution is 6.29. The number of rotatable bonds is 2. The average Bonchev–Trinajstić information content (AvgIpc) is 2.56. The number of hydrogen-bond acceptors (Lipinski definition) is 3. The maximum absolute atomic E-state index is 12.0. The van der Waals surface area contributed by atoms with Crippen LogP contribution in [0.2, 0.25) is 5.15 Å². The van der Waals surface area contributed by atoms with Crippen molar-refractivity contribution in [1.82, 2.24) is 14.8 Å². The number of amides is 1. The molecule has 0 saturated carbocycles. The molecule has 2 aromatic rings. The van der Waals surface area contributed by atoms with E-state index in [2.05, 4.69) is 15.4 Å². The van der Waals surface area contributed by atoms with E-state index < -0.39 is 0 Å². The molecule has 0 bridgehead atoms. The van der Waals surface area contributed by atoms with Gasteiger partial charge in [-0.1, -0.05) is 11.6 Å². The van der Waals surface area contributed by atoms with Crippen LogP contribution in [0.5, 0.6) is 0 Å². The quantitative estimate of drug-likeness (QED) is 0.847. The van der Waals surface area contributed by atoms with Gasteiger partial charge in [0.15, 0.2) is 0 Å². The molecule has 6 heteroatoms. The number of hydrogen-bond donors (Lipinski definition) is 1. The number of aromatic nitrogens is 3. The molecule has 2 aromatic heterocycles. The number of carbonyl (C=O) groups excluding carboxylic acids is 1. The second-order valence-electron chi connectivity index (χ2n) is 4.08. The molecule has 0 aliphatic heterocycles. The van der Waals surface area contributed by atoms with E-state index in [1.807, 2.05) is 6.92 Å². The minimum absolute atomic E-state index is 0.224. The molecule has 0 unspecified atom stereocenters. The smallest absolute Gasteiger partial charge is 0.255 e. The van der Waals surface area contributed by atoms with Crippen LogP contribution in [0.4, 0.5) is 5.69 Å². The fraction of sp³-hybridized carbons (Fsp3) is 0.250. The average molecular weight is 265 g/mol. The zero-order valence-electron chi connectivity index (χ0n) is 10.4. The highest BCUT2D eigenvalue weighted by atomic mass is 35.5. The number of nitrogens with one attached hydrogen (secondary N) is 1. The molecule has 0 spiro atoms. The van der Waals surface area contributed by atoms with E-state index in [-0.39, 0.29) is 5.91 Å². The Bertz CT molecular complexity index is 586. The van der Waals surface area contributed by atoms with Crippen LogP contribution < -0.4 is 5.32 Å². The van der Waals surface area contributed by atoms with E-state index in [0.717, 1.165) is 5.69 Å². The maximum atomic E-state index is 12.0. The minimum atomic E-state index is -0.224. The van der Waals surface area contributed by atoms with Crippen molar-refractivity contribution >= 4 is 23.2 Å². The van der Waals surface area contributed by atoms with Gasteiger partial charge in [-0.05, 0) is 26.0 Å². The van der Waals surface area contributed by atoms with Gasteiger partial charge in [-0.15, -0.1) is 0 Å². The fourth-order valence-electron chi connectivity index (χ4n) is 1.68. The predicted molar refractivity (Wildman–Crippen MR) is 69.9 cm³/mol. The molecule has 0 aliphatic rings. The summed E-state index contributed by atoms with van der Waals surface area (Å²) in [4.78, 5) is 16.1. The number of pyridine rings is 1. The Balaban J connectivity index is 2.24. The molecule has 0 saturated heterocycles. The topological polar surface area (TPSA) is 59.8 Å². The molecule has 0 fully saturated rings. The van der Waals surface area contributed by atoms with Crippen LogP contribution in [0, 0.1) is 13.8 Å². The molecule has 18 heavy (non-hydrogen) atoms. The lowest BCUT2D eigenvalue weighted by Gasteiger charge is -2.04. The molecule has 1 N–H and O–H groups in total. The number of halogens is 1. The van der Waals surface area contributed by atoms with E-state index in [1.54, 1.807) is 30.9 Å². The van der Waals surface area contributed by atoms with Gasteiger partial charge in [-0.2, -0.15) is 5.10 Å². The molecular weight excluding hydrogens is 252 g/mol. The molecule has 1 amide bonds. The van der Waals surface area contributed by atoms with Crippen LogP contribution in [0.25, 0.3) is 0 Å². The first kappa shape index (κ1) is 12.6. The van der Waals surface area contributed by atoms with E-state index in [1.165, 1.54) is 6.07 Å². The first-order valence-electron chi connectivity index (χ1n) is 5.41. The second kappa shape index (κ2) is 4.78. The third-order valence-corrected chi connectivity index (χ3v) is 2.64. The zero-order valence-corrected chi connectivity index (χ0v) is 11.1. The van der Waals surface area contributed by atoms with Crippen molar-refractivity contribution in [3.05, 3.63) is 40.4 Å². The van der Waals surface area contributed by atoms with Crippen molar-refractivity contribution in [3.8, 4) is 0 Å². The van der Waals surface area contributed by atoms with E-state index in [4.69, 9.17) is 11.6 Å². The molecule has 94 valence electrons. The Labute approximate surface area is 110 Å². The summed E-state index contributed by atoms with van der Waals surface area (Å²) in [7, 11) is 1.80. The van der Waals surface area contributed by atoms with Crippen LogP contribution in [-0.2, 0) is 7.05 Å². The second-order valence-corrected chi connectivity index (χ2v) is 4.46. The lowest BCUT2D eigenvalue weighted by Crippen LogP contribution is -2.12. The number of nitrogens with zero attached hydrogens (tertiary/aromatic N) is 3. The van der Waals surface area contributed by atoms with Crippen molar-refractivity contribution in [3.63, 3.8) is 0 Å². The Morgan fingerprint density at radius 2 is 2.11 bits per heavy atom. The molecule has 0 radical (unpaired) electrons. The number of carbonyl (C=O) groups is 1.